The van der Waals surface area contributed by atoms with Gasteiger partial charge in [0.2, 0.25) is 0 Å². The van der Waals surface area contributed by atoms with Crippen LogP contribution < -0.4 is 0 Å². The van der Waals surface area contributed by atoms with E-state index in [4.69, 9.17) is 9.47 Å². The summed E-state index contributed by atoms with van der Waals surface area (Å²) in [7, 11) is 1.39. The number of aromatic amines is 1. The first-order chi connectivity index (χ1) is 13.6. The summed E-state index contributed by atoms with van der Waals surface area (Å²) in [5.74, 6) is -0.467. The summed E-state index contributed by atoms with van der Waals surface area (Å²) in [6, 6.07) is 10.7. The van der Waals surface area contributed by atoms with Gasteiger partial charge in [-0.05, 0) is 31.4 Å². The number of nitrogens with one attached hydrogen (secondary N) is 1. The van der Waals surface area contributed by atoms with Crippen LogP contribution in [0.5, 0.6) is 0 Å². The number of fused-ring (bicyclic) bond motifs is 6. The van der Waals surface area contributed by atoms with Crippen molar-refractivity contribution in [1.82, 2.24) is 9.88 Å². The highest BCUT2D eigenvalue weighted by atomic mass is 16.5. The van der Waals surface area contributed by atoms with Crippen LogP contribution >= 0.6 is 0 Å². The SMILES string of the molecule is COC(=O)C1=CO[C@@H](C)C2C1CC1c3[nH]c4ccccc4c3CCN1[C@@H]2C#N.[HH].[HH].[HH]. The van der Waals surface area contributed by atoms with Crippen LogP contribution in [-0.2, 0) is 20.7 Å². The lowest BCUT2D eigenvalue weighted by Crippen LogP contribution is -2.57. The molecule has 4 heterocycles. The molecule has 150 valence electrons. The minimum absolute atomic E-state index is 0. The molecule has 1 aromatic heterocycles. The van der Waals surface area contributed by atoms with Crippen LogP contribution in [0.4, 0.5) is 0 Å². The summed E-state index contributed by atoms with van der Waals surface area (Å²) < 4.78 is 10.8. The van der Waals surface area contributed by atoms with E-state index < -0.39 is 0 Å². The third-order valence-electron chi connectivity index (χ3n) is 6.77. The number of esters is 1. The molecular formula is C22H29N3O3. The second kappa shape index (κ2) is 6.39. The fraction of sp³-hybridized carbons (Fsp3) is 0.455. The topological polar surface area (TPSA) is 78.3 Å². The molecule has 3 aliphatic rings. The molecule has 1 saturated heterocycles. The number of carbonyl (C=O) groups excluding carboxylic acids is 1. The van der Waals surface area contributed by atoms with Gasteiger partial charge in [0.05, 0.1) is 31.1 Å². The van der Waals surface area contributed by atoms with E-state index in [0.29, 0.717) is 5.57 Å². The van der Waals surface area contributed by atoms with Gasteiger partial charge in [-0.25, -0.2) is 4.79 Å². The van der Waals surface area contributed by atoms with Crippen molar-refractivity contribution >= 4 is 16.9 Å². The van der Waals surface area contributed by atoms with Crippen LogP contribution in [0.2, 0.25) is 0 Å². The number of nitrogens with zero attached hydrogens (tertiary/aromatic N) is 2. The van der Waals surface area contributed by atoms with Crippen molar-refractivity contribution < 1.29 is 18.5 Å². The third kappa shape index (κ3) is 2.33. The lowest BCUT2D eigenvalue weighted by atomic mass is 9.68. The largest absolute Gasteiger partial charge is 0.497 e. The number of rotatable bonds is 1. The average Bonchev–Trinajstić information content (AvgIpc) is 3.11. The quantitative estimate of drug-likeness (QED) is 0.758. The first kappa shape index (κ1) is 17.3. The fourth-order valence-electron chi connectivity index (χ4n) is 5.52. The number of benzene rings is 1. The molecule has 5 atom stereocenters. The minimum atomic E-state index is -0.361. The van der Waals surface area contributed by atoms with Gasteiger partial charge < -0.3 is 14.5 Å². The zero-order valence-corrected chi connectivity index (χ0v) is 16.0. The van der Waals surface area contributed by atoms with Gasteiger partial charge in [-0.1, -0.05) is 18.2 Å². The van der Waals surface area contributed by atoms with E-state index in [0.717, 1.165) is 24.9 Å². The smallest absolute Gasteiger partial charge is 0.337 e. The van der Waals surface area contributed by atoms with Gasteiger partial charge in [0.1, 0.15) is 12.1 Å². The molecule has 6 heteroatoms. The number of hydrogen-bond acceptors (Lipinski definition) is 5. The molecule has 5 rings (SSSR count). The van der Waals surface area contributed by atoms with Crippen molar-refractivity contribution in [3.63, 3.8) is 0 Å². The Balaban J connectivity index is 0.00000114. The predicted molar refractivity (Wildman–Crippen MR) is 109 cm³/mol. The van der Waals surface area contributed by atoms with E-state index in [9.17, 15) is 10.1 Å². The normalized spacial score (nSPS) is 31.6. The van der Waals surface area contributed by atoms with E-state index in [-0.39, 0.29) is 40.3 Å². The fourth-order valence-corrected chi connectivity index (χ4v) is 5.52. The minimum Gasteiger partial charge on any atom is -0.497 e. The average molecular weight is 383 g/mol. The van der Waals surface area contributed by atoms with E-state index >= 15 is 0 Å². The molecule has 6 nitrogen and oxygen atoms in total. The molecule has 1 N–H and O–H groups in total. The number of nitriles is 1. The van der Waals surface area contributed by atoms with Crippen molar-refractivity contribution in [2.24, 2.45) is 11.8 Å². The Morgan fingerprint density at radius 1 is 1.43 bits per heavy atom. The monoisotopic (exact) mass is 383 g/mol. The Morgan fingerprint density at radius 2 is 2.25 bits per heavy atom. The second-order valence-electron chi connectivity index (χ2n) is 7.97. The summed E-state index contributed by atoms with van der Waals surface area (Å²) >= 11 is 0. The molecule has 3 unspecified atom stereocenters. The van der Waals surface area contributed by atoms with E-state index in [1.165, 1.54) is 23.8 Å². The van der Waals surface area contributed by atoms with Crippen LogP contribution in [0.15, 0.2) is 36.1 Å². The maximum absolute atomic E-state index is 12.4. The van der Waals surface area contributed by atoms with Crippen molar-refractivity contribution in [2.45, 2.75) is 38.0 Å². The van der Waals surface area contributed by atoms with E-state index in [1.807, 2.05) is 13.0 Å². The summed E-state index contributed by atoms with van der Waals surface area (Å²) in [5.41, 5.74) is 4.22. The van der Waals surface area contributed by atoms with Crippen LogP contribution in [0.3, 0.4) is 0 Å². The van der Waals surface area contributed by atoms with Crippen molar-refractivity contribution in [2.75, 3.05) is 13.7 Å². The van der Waals surface area contributed by atoms with Crippen molar-refractivity contribution in [3.05, 3.63) is 47.4 Å². The Labute approximate surface area is 168 Å². The van der Waals surface area contributed by atoms with Crippen LogP contribution in [0.25, 0.3) is 10.9 Å². The summed E-state index contributed by atoms with van der Waals surface area (Å²) in [6.07, 6.45) is 3.13. The van der Waals surface area contributed by atoms with E-state index in [2.05, 4.69) is 34.2 Å². The predicted octanol–water partition coefficient (Wildman–Crippen LogP) is 3.81. The molecule has 0 spiro atoms. The summed E-state index contributed by atoms with van der Waals surface area (Å²) in [4.78, 5) is 18.3. The van der Waals surface area contributed by atoms with Crippen molar-refractivity contribution in [3.8, 4) is 6.07 Å². The molecule has 0 aliphatic carbocycles. The lowest BCUT2D eigenvalue weighted by Gasteiger charge is -2.51. The molecule has 28 heavy (non-hydrogen) atoms. The Kier molecular flexibility index (Phi) is 3.95. The number of H-pyrrole nitrogens is 1. The maximum atomic E-state index is 12.4. The van der Waals surface area contributed by atoms with Crippen LogP contribution in [-0.4, -0.2) is 41.7 Å². The first-order valence-corrected chi connectivity index (χ1v) is 9.82. The number of methoxy groups -OCH3 is 1. The van der Waals surface area contributed by atoms with Crippen LogP contribution in [0.1, 0.15) is 34.9 Å². The standard InChI is InChI=1S/C22H23N3O3.3H2/c1-12-20-15(16(11-28-12)22(26)27-2)9-18-21-14(7-8-25(18)19(20)10-23)13-5-3-4-6-17(13)24-21;;;/h3-6,11-12,15,18-20,24H,7-9H2,1-2H3;3*1H/t12-,15?,18?,19+,20?;;;/m0.../s1. The van der Waals surface area contributed by atoms with Crippen molar-refractivity contribution in [1.29, 1.82) is 5.26 Å². The number of piperidine rings is 1. The lowest BCUT2D eigenvalue weighted by molar-refractivity contribution is -0.139. The molecule has 1 fully saturated rings. The number of hydrogen-bond donors (Lipinski definition) is 1. The number of aromatic nitrogens is 1. The number of carbonyl (C=O) groups is 1. The second-order valence-corrected chi connectivity index (χ2v) is 7.97. The molecule has 0 amide bonds. The van der Waals surface area contributed by atoms with Gasteiger partial charge in [0, 0.05) is 39.3 Å². The van der Waals surface area contributed by atoms with E-state index in [1.54, 1.807) is 6.26 Å². The number of para-hydroxylation sites is 1. The zero-order chi connectivity index (χ0) is 19.4. The van der Waals surface area contributed by atoms with Gasteiger partial charge in [-0.3, -0.25) is 4.90 Å². The van der Waals surface area contributed by atoms with Gasteiger partial charge in [-0.15, -0.1) is 0 Å². The molecular weight excluding hydrogens is 354 g/mol. The first-order valence-electron chi connectivity index (χ1n) is 9.82. The Hall–Kier alpha value is -2.78. The molecule has 2 aromatic rings. The van der Waals surface area contributed by atoms with Gasteiger partial charge in [-0.2, -0.15) is 5.26 Å². The molecule has 3 aliphatic heterocycles. The molecule has 0 saturated carbocycles. The van der Waals surface area contributed by atoms with Crippen LogP contribution in [0, 0.1) is 23.2 Å². The van der Waals surface area contributed by atoms with Gasteiger partial charge >= 0.3 is 5.97 Å². The highest BCUT2D eigenvalue weighted by Gasteiger charge is 2.52. The molecule has 1 aromatic carbocycles. The zero-order valence-electron chi connectivity index (χ0n) is 16.0. The Morgan fingerprint density at radius 3 is 3.04 bits per heavy atom. The Bertz CT molecular complexity index is 1030. The summed E-state index contributed by atoms with van der Waals surface area (Å²) in [5, 5.41) is 11.3. The maximum Gasteiger partial charge on any atom is 0.337 e. The highest BCUT2D eigenvalue weighted by molar-refractivity contribution is 5.89. The molecule has 0 bridgehead atoms. The van der Waals surface area contributed by atoms with Gasteiger partial charge in [0.15, 0.2) is 0 Å². The summed E-state index contributed by atoms with van der Waals surface area (Å²) in [6.45, 7) is 2.83. The third-order valence-corrected chi connectivity index (χ3v) is 6.77. The number of ether oxygens (including phenoxy) is 2. The molecule has 0 radical (unpaired) electrons. The highest BCUT2D eigenvalue weighted by Crippen LogP contribution is 2.50. The van der Waals surface area contributed by atoms with Gasteiger partial charge in [0.25, 0.3) is 0 Å².